The van der Waals surface area contributed by atoms with Crippen molar-refractivity contribution in [2.45, 2.75) is 38.6 Å². The van der Waals surface area contributed by atoms with Crippen molar-refractivity contribution in [3.05, 3.63) is 48.0 Å². The lowest BCUT2D eigenvalue weighted by atomic mass is 9.71. The molecule has 1 heteroatoms. The fraction of sp³-hybridized carbons (Fsp3) is 0.412. The Morgan fingerprint density at radius 2 is 1.67 bits per heavy atom. The molecule has 0 radical (unpaired) electrons. The van der Waals surface area contributed by atoms with E-state index in [0.29, 0.717) is 0 Å². The Morgan fingerprint density at radius 3 is 2.33 bits per heavy atom. The lowest BCUT2D eigenvalue weighted by molar-refractivity contribution is 0.210. The quantitative estimate of drug-likeness (QED) is 0.793. The minimum absolute atomic E-state index is 0.170. The first-order chi connectivity index (χ1) is 8.53. The normalized spacial score (nSPS) is 26.6. The molecule has 0 aromatic heterocycles. The molecule has 0 heterocycles. The van der Waals surface area contributed by atoms with Gasteiger partial charge in [0, 0.05) is 5.54 Å². The van der Waals surface area contributed by atoms with Gasteiger partial charge < -0.3 is 5.73 Å². The first-order valence-electron chi connectivity index (χ1n) is 6.81. The summed E-state index contributed by atoms with van der Waals surface area (Å²) in [5.41, 5.74) is 8.06. The topological polar surface area (TPSA) is 26.0 Å². The van der Waals surface area contributed by atoms with Crippen LogP contribution in [-0.4, -0.2) is 0 Å². The maximum Gasteiger partial charge on any atom is 0.0461 e. The third kappa shape index (κ3) is 1.58. The van der Waals surface area contributed by atoms with Crippen molar-refractivity contribution < 1.29 is 0 Å². The molecule has 0 bridgehead atoms. The van der Waals surface area contributed by atoms with Crippen LogP contribution in [0.25, 0.3) is 10.8 Å². The summed E-state index contributed by atoms with van der Waals surface area (Å²) in [7, 11) is 0. The second-order valence-corrected chi connectivity index (χ2v) is 6.27. The molecule has 1 atom stereocenters. The van der Waals surface area contributed by atoms with Gasteiger partial charge in [-0.25, -0.2) is 0 Å². The van der Waals surface area contributed by atoms with E-state index in [4.69, 9.17) is 5.73 Å². The van der Waals surface area contributed by atoms with Crippen molar-refractivity contribution >= 4 is 10.8 Å². The van der Waals surface area contributed by atoms with Gasteiger partial charge in [0.1, 0.15) is 0 Å². The van der Waals surface area contributed by atoms with Crippen LogP contribution < -0.4 is 5.73 Å². The molecule has 1 aliphatic rings. The third-order valence-corrected chi connectivity index (χ3v) is 4.85. The largest absolute Gasteiger partial charge is 0.321 e. The predicted molar refractivity (Wildman–Crippen MR) is 77.4 cm³/mol. The zero-order chi connectivity index (χ0) is 12.8. The number of fused-ring (bicyclic) bond motifs is 1. The van der Waals surface area contributed by atoms with Crippen LogP contribution in [0.5, 0.6) is 0 Å². The second-order valence-electron chi connectivity index (χ2n) is 6.27. The van der Waals surface area contributed by atoms with Gasteiger partial charge in [0.05, 0.1) is 0 Å². The SMILES string of the molecule is CC1(C)CCCC1(N)c1ccc2ccccc2c1. The van der Waals surface area contributed by atoms with Crippen molar-refractivity contribution in [2.75, 3.05) is 0 Å². The fourth-order valence-corrected chi connectivity index (χ4v) is 3.37. The van der Waals surface area contributed by atoms with E-state index in [0.717, 1.165) is 6.42 Å². The summed E-state index contributed by atoms with van der Waals surface area (Å²) in [6.07, 6.45) is 3.55. The molecule has 0 aliphatic heterocycles. The second kappa shape index (κ2) is 3.83. The molecule has 1 aliphatic carbocycles. The molecule has 0 saturated heterocycles. The molecular weight excluding hydrogens is 218 g/mol. The van der Waals surface area contributed by atoms with Crippen molar-refractivity contribution in [3.63, 3.8) is 0 Å². The third-order valence-electron chi connectivity index (χ3n) is 4.85. The van der Waals surface area contributed by atoms with E-state index >= 15 is 0 Å². The van der Waals surface area contributed by atoms with Gasteiger partial charge >= 0.3 is 0 Å². The number of hydrogen-bond acceptors (Lipinski definition) is 1. The van der Waals surface area contributed by atoms with E-state index in [1.54, 1.807) is 0 Å². The molecule has 1 unspecified atom stereocenters. The number of nitrogens with two attached hydrogens (primary N) is 1. The van der Waals surface area contributed by atoms with Gasteiger partial charge in [-0.2, -0.15) is 0 Å². The highest BCUT2D eigenvalue weighted by Crippen LogP contribution is 2.50. The van der Waals surface area contributed by atoms with Gasteiger partial charge in [0.15, 0.2) is 0 Å². The van der Waals surface area contributed by atoms with Crippen LogP contribution in [-0.2, 0) is 5.54 Å². The van der Waals surface area contributed by atoms with Crippen LogP contribution in [0, 0.1) is 5.41 Å². The maximum atomic E-state index is 6.75. The van der Waals surface area contributed by atoms with E-state index in [1.165, 1.54) is 29.2 Å². The minimum Gasteiger partial charge on any atom is -0.321 e. The molecule has 1 saturated carbocycles. The maximum absolute atomic E-state index is 6.75. The molecular formula is C17H21N. The molecule has 1 fully saturated rings. The van der Waals surface area contributed by atoms with E-state index in [9.17, 15) is 0 Å². The summed E-state index contributed by atoms with van der Waals surface area (Å²) in [6.45, 7) is 4.60. The molecule has 2 aromatic carbocycles. The Labute approximate surface area is 109 Å². The summed E-state index contributed by atoms with van der Waals surface area (Å²) < 4.78 is 0. The van der Waals surface area contributed by atoms with Crippen LogP contribution in [0.2, 0.25) is 0 Å². The van der Waals surface area contributed by atoms with Crippen LogP contribution >= 0.6 is 0 Å². The molecule has 0 amide bonds. The summed E-state index contributed by atoms with van der Waals surface area (Å²) in [4.78, 5) is 0. The van der Waals surface area contributed by atoms with Crippen molar-refractivity contribution in [2.24, 2.45) is 11.1 Å². The highest BCUT2D eigenvalue weighted by atomic mass is 14.8. The van der Waals surface area contributed by atoms with Gasteiger partial charge in [0.25, 0.3) is 0 Å². The van der Waals surface area contributed by atoms with Gasteiger partial charge in [-0.1, -0.05) is 56.7 Å². The van der Waals surface area contributed by atoms with Crippen LogP contribution in [0.15, 0.2) is 42.5 Å². The van der Waals surface area contributed by atoms with Crippen LogP contribution in [0.4, 0.5) is 0 Å². The molecule has 94 valence electrons. The lowest BCUT2D eigenvalue weighted by Crippen LogP contribution is -2.45. The monoisotopic (exact) mass is 239 g/mol. The zero-order valence-electron chi connectivity index (χ0n) is 11.2. The van der Waals surface area contributed by atoms with E-state index in [2.05, 4.69) is 56.3 Å². The number of hydrogen-bond donors (Lipinski definition) is 1. The lowest BCUT2D eigenvalue weighted by Gasteiger charge is -2.39. The molecule has 2 N–H and O–H groups in total. The molecule has 0 spiro atoms. The number of rotatable bonds is 1. The average molecular weight is 239 g/mol. The first kappa shape index (κ1) is 11.7. The van der Waals surface area contributed by atoms with Crippen LogP contribution in [0.3, 0.4) is 0 Å². The smallest absolute Gasteiger partial charge is 0.0461 e. The zero-order valence-corrected chi connectivity index (χ0v) is 11.2. The van der Waals surface area contributed by atoms with E-state index < -0.39 is 0 Å². The van der Waals surface area contributed by atoms with E-state index in [1.807, 2.05) is 0 Å². The average Bonchev–Trinajstić information content (AvgIpc) is 2.64. The Hall–Kier alpha value is -1.34. The molecule has 2 aromatic rings. The molecule has 18 heavy (non-hydrogen) atoms. The predicted octanol–water partition coefficient (Wildman–Crippen LogP) is 4.20. The van der Waals surface area contributed by atoms with Gasteiger partial charge in [0.2, 0.25) is 0 Å². The van der Waals surface area contributed by atoms with Gasteiger partial charge in [-0.15, -0.1) is 0 Å². The summed E-state index contributed by atoms with van der Waals surface area (Å²) in [6, 6.07) is 15.2. The Bertz CT molecular complexity index is 585. The summed E-state index contributed by atoms with van der Waals surface area (Å²) >= 11 is 0. The summed E-state index contributed by atoms with van der Waals surface area (Å²) in [5.74, 6) is 0. The van der Waals surface area contributed by atoms with Crippen molar-refractivity contribution in [1.82, 2.24) is 0 Å². The van der Waals surface area contributed by atoms with Gasteiger partial charge in [-0.3, -0.25) is 0 Å². The molecule has 1 nitrogen and oxygen atoms in total. The Balaban J connectivity index is 2.14. The highest BCUT2D eigenvalue weighted by molar-refractivity contribution is 5.83. The molecule has 3 rings (SSSR count). The Kier molecular flexibility index (Phi) is 2.49. The standard InChI is InChI=1S/C17H21N/c1-16(2)10-5-11-17(16,18)15-9-8-13-6-3-4-7-14(13)12-15/h3-4,6-9,12H,5,10-11,18H2,1-2H3. The van der Waals surface area contributed by atoms with E-state index in [-0.39, 0.29) is 11.0 Å². The number of benzene rings is 2. The highest BCUT2D eigenvalue weighted by Gasteiger charge is 2.46. The van der Waals surface area contributed by atoms with Crippen molar-refractivity contribution in [3.8, 4) is 0 Å². The first-order valence-corrected chi connectivity index (χ1v) is 6.81. The van der Waals surface area contributed by atoms with Gasteiger partial charge in [-0.05, 0) is 40.7 Å². The minimum atomic E-state index is -0.170. The Morgan fingerprint density at radius 1 is 0.944 bits per heavy atom. The van der Waals surface area contributed by atoms with Crippen LogP contribution in [0.1, 0.15) is 38.7 Å². The summed E-state index contributed by atoms with van der Waals surface area (Å²) in [5, 5.41) is 2.59. The van der Waals surface area contributed by atoms with Crippen molar-refractivity contribution in [1.29, 1.82) is 0 Å². The fourth-order valence-electron chi connectivity index (χ4n) is 3.37.